The Balaban J connectivity index is 2.55. The number of carboxylic acids is 1. The van der Waals surface area contributed by atoms with Crippen LogP contribution in [0.15, 0.2) is 0 Å². The van der Waals surface area contributed by atoms with Gasteiger partial charge < -0.3 is 19.8 Å². The first-order valence-corrected chi connectivity index (χ1v) is 5.59. The Morgan fingerprint density at radius 2 is 1.94 bits per heavy atom. The monoisotopic (exact) mass is 245 g/mol. The number of aliphatic hydroxyl groups is 1. The van der Waals surface area contributed by atoms with Crippen LogP contribution in [0.25, 0.3) is 0 Å². The first kappa shape index (κ1) is 13.8. The lowest BCUT2D eigenvalue weighted by Gasteiger charge is -2.34. The lowest BCUT2D eigenvalue weighted by Crippen LogP contribution is -2.50. The molecule has 0 bridgehead atoms. The van der Waals surface area contributed by atoms with Crippen molar-refractivity contribution in [2.24, 2.45) is 5.92 Å². The van der Waals surface area contributed by atoms with E-state index < -0.39 is 29.7 Å². The van der Waals surface area contributed by atoms with E-state index in [1.807, 2.05) is 0 Å². The van der Waals surface area contributed by atoms with Crippen LogP contribution in [0.4, 0.5) is 4.79 Å². The molecule has 0 aromatic heterocycles. The second kappa shape index (κ2) is 4.91. The van der Waals surface area contributed by atoms with Crippen molar-refractivity contribution < 1.29 is 24.5 Å². The van der Waals surface area contributed by atoms with Crippen LogP contribution in [-0.2, 0) is 9.53 Å². The molecule has 1 heterocycles. The van der Waals surface area contributed by atoms with Crippen molar-refractivity contribution in [3.63, 3.8) is 0 Å². The molecule has 1 fully saturated rings. The van der Waals surface area contributed by atoms with Crippen LogP contribution in [0, 0.1) is 5.92 Å². The Bertz CT molecular complexity index is 309. The van der Waals surface area contributed by atoms with Gasteiger partial charge in [0.15, 0.2) is 0 Å². The Kier molecular flexibility index (Phi) is 3.98. The third kappa shape index (κ3) is 3.89. The van der Waals surface area contributed by atoms with E-state index in [9.17, 15) is 14.7 Å². The number of carbonyl (C=O) groups excluding carboxylic acids is 1. The van der Waals surface area contributed by atoms with Crippen LogP contribution in [0.3, 0.4) is 0 Å². The molecule has 2 N–H and O–H groups in total. The molecule has 0 saturated carbocycles. The number of rotatable bonds is 1. The quantitative estimate of drug-likeness (QED) is 0.709. The van der Waals surface area contributed by atoms with Crippen LogP contribution in [0.1, 0.15) is 27.2 Å². The molecule has 17 heavy (non-hydrogen) atoms. The van der Waals surface area contributed by atoms with Gasteiger partial charge in [0.2, 0.25) is 0 Å². The highest BCUT2D eigenvalue weighted by atomic mass is 16.6. The molecular weight excluding hydrogens is 226 g/mol. The summed E-state index contributed by atoms with van der Waals surface area (Å²) < 4.78 is 5.15. The van der Waals surface area contributed by atoms with Gasteiger partial charge in [-0.15, -0.1) is 0 Å². The van der Waals surface area contributed by atoms with E-state index in [4.69, 9.17) is 9.84 Å². The molecule has 0 radical (unpaired) electrons. The topological polar surface area (TPSA) is 87.1 Å². The maximum atomic E-state index is 11.7. The molecular formula is C11H19NO5. The average molecular weight is 245 g/mol. The summed E-state index contributed by atoms with van der Waals surface area (Å²) in [5.74, 6) is -1.82. The number of aliphatic carboxylic acids is 1. The molecule has 1 saturated heterocycles. The summed E-state index contributed by atoms with van der Waals surface area (Å²) in [6, 6.07) is 0. The summed E-state index contributed by atoms with van der Waals surface area (Å²) in [5, 5.41) is 18.5. The standard InChI is InChI=1S/C11H19NO5/c1-11(2,3)17-10(16)12-5-4-7(9(14)15)8(13)6-12/h7-8,13H,4-6H2,1-3H3,(H,14,15)/t7-,8+/m1/s1. The molecule has 1 rings (SSSR count). The number of aliphatic hydroxyl groups excluding tert-OH is 1. The highest BCUT2D eigenvalue weighted by Gasteiger charge is 2.35. The Morgan fingerprint density at radius 1 is 1.35 bits per heavy atom. The minimum Gasteiger partial charge on any atom is -0.481 e. The molecule has 98 valence electrons. The number of likely N-dealkylation sites (tertiary alicyclic amines) is 1. The smallest absolute Gasteiger partial charge is 0.410 e. The van der Waals surface area contributed by atoms with Gasteiger partial charge in [0.25, 0.3) is 0 Å². The lowest BCUT2D eigenvalue weighted by molar-refractivity contribution is -0.148. The molecule has 1 aliphatic heterocycles. The number of hydrogen-bond donors (Lipinski definition) is 2. The molecule has 0 spiro atoms. The third-order valence-electron chi connectivity index (χ3n) is 2.55. The van der Waals surface area contributed by atoms with Crippen molar-refractivity contribution >= 4 is 12.1 Å². The summed E-state index contributed by atoms with van der Waals surface area (Å²) in [7, 11) is 0. The zero-order chi connectivity index (χ0) is 13.2. The van der Waals surface area contributed by atoms with Crippen LogP contribution in [0.5, 0.6) is 0 Å². The summed E-state index contributed by atoms with van der Waals surface area (Å²) in [6.07, 6.45) is -1.30. The number of amides is 1. The fourth-order valence-corrected chi connectivity index (χ4v) is 1.71. The van der Waals surface area contributed by atoms with E-state index in [0.717, 1.165) is 0 Å². The van der Waals surface area contributed by atoms with Gasteiger partial charge in [0.1, 0.15) is 5.60 Å². The van der Waals surface area contributed by atoms with Gasteiger partial charge in [-0.1, -0.05) is 0 Å². The van der Waals surface area contributed by atoms with Gasteiger partial charge in [0.05, 0.1) is 18.6 Å². The van der Waals surface area contributed by atoms with Crippen LogP contribution >= 0.6 is 0 Å². The number of carboxylic acid groups (broad SMARTS) is 1. The van der Waals surface area contributed by atoms with Crippen LogP contribution in [0.2, 0.25) is 0 Å². The molecule has 6 heteroatoms. The largest absolute Gasteiger partial charge is 0.481 e. The van der Waals surface area contributed by atoms with Crippen LogP contribution < -0.4 is 0 Å². The summed E-state index contributed by atoms with van der Waals surface area (Å²) in [5.41, 5.74) is -0.592. The minimum absolute atomic E-state index is 0.00583. The van der Waals surface area contributed by atoms with E-state index in [1.54, 1.807) is 20.8 Å². The molecule has 1 aliphatic rings. The molecule has 0 unspecified atom stereocenters. The molecule has 0 aromatic carbocycles. The van der Waals surface area contributed by atoms with Crippen LogP contribution in [-0.4, -0.2) is 52.0 Å². The Labute approximate surface area is 100 Å². The summed E-state index contributed by atoms with van der Waals surface area (Å²) in [6.45, 7) is 5.57. The van der Waals surface area contributed by atoms with Gasteiger partial charge in [-0.25, -0.2) is 4.79 Å². The highest BCUT2D eigenvalue weighted by molar-refractivity contribution is 5.72. The van der Waals surface area contributed by atoms with Crippen molar-refractivity contribution in [2.45, 2.75) is 38.9 Å². The Morgan fingerprint density at radius 3 is 2.35 bits per heavy atom. The maximum absolute atomic E-state index is 11.7. The fourth-order valence-electron chi connectivity index (χ4n) is 1.71. The van der Waals surface area contributed by atoms with Gasteiger partial charge >= 0.3 is 12.1 Å². The zero-order valence-electron chi connectivity index (χ0n) is 10.3. The molecule has 0 aliphatic carbocycles. The maximum Gasteiger partial charge on any atom is 0.410 e. The minimum atomic E-state index is -1.03. The number of β-amino-alcohol motifs (C(OH)–C–C–N with tert-alkyl or cyclic N) is 1. The number of carbonyl (C=O) groups is 2. The van der Waals surface area contributed by atoms with Crippen molar-refractivity contribution in [2.75, 3.05) is 13.1 Å². The summed E-state index contributed by atoms with van der Waals surface area (Å²) in [4.78, 5) is 23.8. The SMILES string of the molecule is CC(C)(C)OC(=O)N1CC[C@@H](C(=O)O)[C@@H](O)C1. The van der Waals surface area contributed by atoms with Crippen molar-refractivity contribution in [1.29, 1.82) is 0 Å². The normalized spacial score (nSPS) is 25.5. The van der Waals surface area contributed by atoms with Gasteiger partial charge in [-0.05, 0) is 27.2 Å². The molecule has 0 aromatic rings. The number of piperidine rings is 1. The molecule has 6 nitrogen and oxygen atoms in total. The van der Waals surface area contributed by atoms with Gasteiger partial charge in [0, 0.05) is 6.54 Å². The number of nitrogens with zero attached hydrogens (tertiary/aromatic N) is 1. The average Bonchev–Trinajstić information content (AvgIpc) is 2.14. The van der Waals surface area contributed by atoms with Crippen molar-refractivity contribution in [3.8, 4) is 0 Å². The van der Waals surface area contributed by atoms with E-state index in [2.05, 4.69) is 0 Å². The predicted molar refractivity (Wildman–Crippen MR) is 59.6 cm³/mol. The van der Waals surface area contributed by atoms with Gasteiger partial charge in [-0.3, -0.25) is 4.79 Å². The highest BCUT2D eigenvalue weighted by Crippen LogP contribution is 2.20. The van der Waals surface area contributed by atoms with E-state index >= 15 is 0 Å². The van der Waals surface area contributed by atoms with Crippen molar-refractivity contribution in [1.82, 2.24) is 4.90 Å². The zero-order valence-corrected chi connectivity index (χ0v) is 10.3. The van der Waals surface area contributed by atoms with E-state index in [-0.39, 0.29) is 13.0 Å². The van der Waals surface area contributed by atoms with Gasteiger partial charge in [-0.2, -0.15) is 0 Å². The number of hydrogen-bond acceptors (Lipinski definition) is 4. The van der Waals surface area contributed by atoms with Crippen molar-refractivity contribution in [3.05, 3.63) is 0 Å². The fraction of sp³-hybridized carbons (Fsp3) is 0.818. The second-order valence-corrected chi connectivity index (χ2v) is 5.23. The molecule has 2 atom stereocenters. The lowest BCUT2D eigenvalue weighted by atomic mass is 9.94. The molecule has 1 amide bonds. The first-order chi connectivity index (χ1) is 7.70. The second-order valence-electron chi connectivity index (χ2n) is 5.23. The first-order valence-electron chi connectivity index (χ1n) is 5.59. The third-order valence-corrected chi connectivity index (χ3v) is 2.55. The summed E-state index contributed by atoms with van der Waals surface area (Å²) >= 11 is 0. The van der Waals surface area contributed by atoms with E-state index in [0.29, 0.717) is 6.54 Å². The predicted octanol–water partition coefficient (Wildman–Crippen LogP) is 0.689. The Hall–Kier alpha value is -1.30. The van der Waals surface area contributed by atoms with E-state index in [1.165, 1.54) is 4.90 Å². The number of ether oxygens (including phenoxy) is 1.